The average molecular weight is 569 g/mol. The number of unbranched alkanes of at least 4 members (excludes halogenated alkanes) is 1. The average Bonchev–Trinajstić information content (AvgIpc) is 2.99. The lowest BCUT2D eigenvalue weighted by atomic mass is 10.0. The van der Waals surface area contributed by atoms with E-state index in [1.165, 1.54) is 12.0 Å². The van der Waals surface area contributed by atoms with Gasteiger partial charge in [-0.05, 0) is 75.3 Å². The fourth-order valence-electron chi connectivity index (χ4n) is 5.52. The molecule has 0 spiro atoms. The summed E-state index contributed by atoms with van der Waals surface area (Å²) >= 11 is 6.53. The molecule has 2 fully saturated rings. The monoisotopic (exact) mass is 568 g/mol. The minimum Gasteiger partial charge on any atom is -0.494 e. The largest absolute Gasteiger partial charge is 0.494 e. The number of benzene rings is 2. The van der Waals surface area contributed by atoms with Crippen LogP contribution in [-0.2, 0) is 15.9 Å². The van der Waals surface area contributed by atoms with Gasteiger partial charge in [0, 0.05) is 51.8 Å². The molecule has 0 aromatic heterocycles. The molecular formula is C31H41ClN4O4. The van der Waals surface area contributed by atoms with Crippen molar-refractivity contribution in [3.8, 4) is 5.75 Å². The zero-order chi connectivity index (χ0) is 27.7. The van der Waals surface area contributed by atoms with Crippen molar-refractivity contribution in [1.82, 2.24) is 9.80 Å². The molecule has 0 unspecified atom stereocenters. The summed E-state index contributed by atoms with van der Waals surface area (Å²) in [6, 6.07) is 12.4. The number of rotatable bonds is 9. The van der Waals surface area contributed by atoms with Crippen molar-refractivity contribution >= 4 is 35.0 Å². The van der Waals surface area contributed by atoms with Crippen LogP contribution in [-0.4, -0.2) is 81.0 Å². The number of ether oxygens (including phenoxy) is 3. The normalized spacial score (nSPS) is 17.7. The zero-order valence-corrected chi connectivity index (χ0v) is 24.3. The summed E-state index contributed by atoms with van der Waals surface area (Å²) in [4.78, 5) is 23.5. The Bertz CT molecular complexity index is 1180. The molecule has 0 saturated carbocycles. The number of aliphatic imine (C=N–C) groups is 1. The van der Waals surface area contributed by atoms with Crippen LogP contribution in [0.2, 0.25) is 5.02 Å². The molecule has 3 heterocycles. The number of aryl methyl sites for hydroxylation is 2. The van der Waals surface area contributed by atoms with Gasteiger partial charge in [-0.3, -0.25) is 4.90 Å². The lowest BCUT2D eigenvalue weighted by Crippen LogP contribution is -2.46. The first kappa shape index (κ1) is 28.6. The van der Waals surface area contributed by atoms with Gasteiger partial charge in [-0.2, -0.15) is 0 Å². The first-order valence-corrected chi connectivity index (χ1v) is 15.0. The summed E-state index contributed by atoms with van der Waals surface area (Å²) in [6.07, 6.45) is 6.58. The molecule has 0 atom stereocenters. The van der Waals surface area contributed by atoms with Crippen LogP contribution in [0.4, 0.5) is 16.2 Å². The van der Waals surface area contributed by atoms with Gasteiger partial charge in [0.15, 0.2) is 5.90 Å². The number of piperidine rings is 1. The maximum atomic E-state index is 12.2. The molecule has 2 aromatic rings. The smallest absolute Gasteiger partial charge is 0.412 e. The molecule has 0 bridgehead atoms. The van der Waals surface area contributed by atoms with Crippen LogP contribution in [0.25, 0.3) is 0 Å². The van der Waals surface area contributed by atoms with Crippen molar-refractivity contribution in [1.29, 1.82) is 0 Å². The van der Waals surface area contributed by atoms with E-state index in [9.17, 15) is 4.79 Å². The highest BCUT2D eigenvalue weighted by Crippen LogP contribution is 2.31. The third kappa shape index (κ3) is 7.61. The number of hydrogen-bond acceptors (Lipinski definition) is 7. The fraction of sp³-hybridized carbons (Fsp3) is 0.548. The van der Waals surface area contributed by atoms with E-state index in [0.29, 0.717) is 18.9 Å². The van der Waals surface area contributed by atoms with Gasteiger partial charge in [-0.25, -0.2) is 9.79 Å². The lowest BCUT2D eigenvalue weighted by molar-refractivity contribution is 0.0246. The summed E-state index contributed by atoms with van der Waals surface area (Å²) < 4.78 is 17.0. The third-order valence-electron chi connectivity index (χ3n) is 7.95. The van der Waals surface area contributed by atoms with Gasteiger partial charge in [0.2, 0.25) is 6.79 Å². The van der Waals surface area contributed by atoms with Crippen LogP contribution in [0.3, 0.4) is 0 Å². The maximum absolute atomic E-state index is 12.2. The van der Waals surface area contributed by atoms with Crippen LogP contribution < -0.4 is 9.64 Å². The molecule has 3 aliphatic heterocycles. The molecule has 2 saturated heterocycles. The van der Waals surface area contributed by atoms with Crippen LogP contribution in [0.1, 0.15) is 49.7 Å². The number of carbonyl (C=O) groups is 1. The predicted molar refractivity (Wildman–Crippen MR) is 159 cm³/mol. The van der Waals surface area contributed by atoms with Crippen molar-refractivity contribution in [2.75, 3.05) is 64.1 Å². The van der Waals surface area contributed by atoms with Crippen LogP contribution >= 0.6 is 11.6 Å². The Balaban J connectivity index is 0.995. The maximum Gasteiger partial charge on any atom is 0.412 e. The zero-order valence-electron chi connectivity index (χ0n) is 23.6. The lowest BCUT2D eigenvalue weighted by Gasteiger charge is -2.36. The first-order valence-electron chi connectivity index (χ1n) is 14.7. The molecule has 9 heteroatoms. The second kappa shape index (κ2) is 14.1. The number of amides is 1. The molecule has 8 nitrogen and oxygen atoms in total. The quantitative estimate of drug-likeness (QED) is 0.265. The number of anilines is 1. The van der Waals surface area contributed by atoms with Gasteiger partial charge in [-0.1, -0.05) is 29.8 Å². The molecule has 40 heavy (non-hydrogen) atoms. The first-order chi connectivity index (χ1) is 19.6. The topological polar surface area (TPSA) is 66.8 Å². The Hall–Kier alpha value is -2.97. The minimum atomic E-state index is -0.304. The summed E-state index contributed by atoms with van der Waals surface area (Å²) in [5, 5.41) is 0.874. The number of likely N-dealkylation sites (tertiary alicyclic amines) is 1. The van der Waals surface area contributed by atoms with Gasteiger partial charge in [0.25, 0.3) is 0 Å². The summed E-state index contributed by atoms with van der Waals surface area (Å²) in [7, 11) is 0. The fourth-order valence-corrected chi connectivity index (χ4v) is 5.76. The van der Waals surface area contributed by atoms with Crippen LogP contribution in [0.5, 0.6) is 5.75 Å². The van der Waals surface area contributed by atoms with Gasteiger partial charge in [-0.15, -0.1) is 0 Å². The molecule has 3 aliphatic rings. The second-order valence-corrected chi connectivity index (χ2v) is 11.2. The van der Waals surface area contributed by atoms with Crippen molar-refractivity contribution in [2.45, 2.75) is 51.9 Å². The molecule has 5 rings (SSSR count). The number of piperazine rings is 1. The molecule has 216 valence electrons. The van der Waals surface area contributed by atoms with E-state index < -0.39 is 0 Å². The van der Waals surface area contributed by atoms with Crippen LogP contribution in [0, 0.1) is 6.92 Å². The van der Waals surface area contributed by atoms with E-state index in [0.717, 1.165) is 106 Å². The van der Waals surface area contributed by atoms with E-state index in [2.05, 4.69) is 46.0 Å². The van der Waals surface area contributed by atoms with Crippen molar-refractivity contribution in [3.63, 3.8) is 0 Å². The van der Waals surface area contributed by atoms with Crippen molar-refractivity contribution < 1.29 is 19.0 Å². The third-order valence-corrected chi connectivity index (χ3v) is 8.45. The Morgan fingerprint density at radius 2 is 1.77 bits per heavy atom. The standard InChI is InChI=1S/C31H41ClN4O4/c1-24-8-7-9-28(30(24)32)35-19-17-34(18-20-35)14-5-6-21-38-26-12-10-25-11-13-29(33-27(25)22-26)39-23-40-31(37)36-15-3-2-4-16-36/h7-10,12,22H,2-6,11,13-21,23H2,1H3. The summed E-state index contributed by atoms with van der Waals surface area (Å²) in [5.41, 5.74) is 4.33. The molecular weight excluding hydrogens is 528 g/mol. The molecule has 0 radical (unpaired) electrons. The highest BCUT2D eigenvalue weighted by molar-refractivity contribution is 6.34. The Labute approximate surface area is 242 Å². The van der Waals surface area contributed by atoms with Crippen LogP contribution in [0.15, 0.2) is 41.4 Å². The SMILES string of the molecule is Cc1cccc(N2CCN(CCCCOc3ccc4c(c3)N=C(OCOC(=O)N3CCCCC3)CC4)CC2)c1Cl. The molecule has 0 aliphatic carbocycles. The van der Waals surface area contributed by atoms with Gasteiger partial charge in [0.1, 0.15) is 5.75 Å². The van der Waals surface area contributed by atoms with Gasteiger partial charge in [0.05, 0.1) is 23.0 Å². The van der Waals surface area contributed by atoms with E-state index in [4.69, 9.17) is 25.8 Å². The molecule has 1 amide bonds. The van der Waals surface area contributed by atoms with Gasteiger partial charge >= 0.3 is 6.09 Å². The molecule has 2 aromatic carbocycles. The van der Waals surface area contributed by atoms with Gasteiger partial charge < -0.3 is 24.0 Å². The summed E-state index contributed by atoms with van der Waals surface area (Å²) in [5.74, 6) is 1.42. The molecule has 0 N–H and O–H groups in total. The van der Waals surface area contributed by atoms with E-state index >= 15 is 0 Å². The van der Waals surface area contributed by atoms with E-state index in [1.54, 1.807) is 4.90 Å². The van der Waals surface area contributed by atoms with E-state index in [-0.39, 0.29) is 12.9 Å². The second-order valence-electron chi connectivity index (χ2n) is 10.8. The highest BCUT2D eigenvalue weighted by atomic mass is 35.5. The van der Waals surface area contributed by atoms with E-state index in [1.807, 2.05) is 12.1 Å². The number of hydrogen-bond donors (Lipinski definition) is 0. The van der Waals surface area contributed by atoms with Crippen molar-refractivity contribution in [2.24, 2.45) is 4.99 Å². The number of nitrogens with zero attached hydrogens (tertiary/aromatic N) is 4. The Morgan fingerprint density at radius 1 is 0.950 bits per heavy atom. The Kier molecular flexibility index (Phi) is 10.1. The number of carbonyl (C=O) groups excluding carboxylic acids is 1. The summed E-state index contributed by atoms with van der Waals surface area (Å²) in [6.45, 7) is 9.34. The highest BCUT2D eigenvalue weighted by Gasteiger charge is 2.20. The number of halogens is 1. The predicted octanol–water partition coefficient (Wildman–Crippen LogP) is 6.20. The number of fused-ring (bicyclic) bond motifs is 1. The van der Waals surface area contributed by atoms with Crippen molar-refractivity contribution in [3.05, 3.63) is 52.5 Å². The Morgan fingerprint density at radius 3 is 2.60 bits per heavy atom. The minimum absolute atomic E-state index is 0.103.